The molecule has 0 unspecified atom stereocenters. The van der Waals surface area contributed by atoms with Crippen LogP contribution in [0.15, 0.2) is 35.7 Å². The number of amides is 2. The number of piperidine rings is 1. The van der Waals surface area contributed by atoms with Gasteiger partial charge in [0.15, 0.2) is 11.5 Å². The SMILES string of the molecule is CCC(=O)N[C@]1(c2ccccc2)CCN(C(=O)c2scc3c2OCCO3)C[C@H]1O. The standard InChI is InChI=1S/C21H24N2O5S/c1-2-17(25)22-21(14-6-4-3-5-7-14)8-9-23(12-16(21)24)20(26)19-18-15(13-29-19)27-10-11-28-18/h3-7,13,16,24H,2,8-12H2,1H3,(H,22,25)/t16-,21+/m1/s1. The van der Waals surface area contributed by atoms with Gasteiger partial charge in [-0.3, -0.25) is 9.59 Å². The summed E-state index contributed by atoms with van der Waals surface area (Å²) in [6.07, 6.45) is -0.200. The second-order valence-corrected chi connectivity index (χ2v) is 8.09. The summed E-state index contributed by atoms with van der Waals surface area (Å²) >= 11 is 1.29. The number of ether oxygens (including phenoxy) is 2. The van der Waals surface area contributed by atoms with Gasteiger partial charge in [0.1, 0.15) is 18.1 Å². The molecule has 1 fully saturated rings. The number of carbonyl (C=O) groups excluding carboxylic acids is 2. The summed E-state index contributed by atoms with van der Waals surface area (Å²) in [5.74, 6) is 0.755. The third kappa shape index (κ3) is 3.58. The minimum absolute atomic E-state index is 0.116. The van der Waals surface area contributed by atoms with Crippen LogP contribution in [0.2, 0.25) is 0 Å². The number of hydrogen-bond donors (Lipinski definition) is 2. The fourth-order valence-electron chi connectivity index (χ4n) is 3.90. The lowest BCUT2D eigenvalue weighted by molar-refractivity contribution is -0.126. The zero-order valence-corrected chi connectivity index (χ0v) is 17.0. The van der Waals surface area contributed by atoms with E-state index in [4.69, 9.17) is 9.47 Å². The minimum atomic E-state index is -0.939. The van der Waals surface area contributed by atoms with Crippen LogP contribution < -0.4 is 14.8 Å². The first-order valence-electron chi connectivity index (χ1n) is 9.76. The van der Waals surface area contributed by atoms with Crippen LogP contribution in [0.5, 0.6) is 11.5 Å². The third-order valence-electron chi connectivity index (χ3n) is 5.49. The molecule has 7 nitrogen and oxygen atoms in total. The van der Waals surface area contributed by atoms with E-state index in [0.717, 1.165) is 5.56 Å². The molecule has 2 aliphatic heterocycles. The van der Waals surface area contributed by atoms with Gasteiger partial charge in [0.2, 0.25) is 5.91 Å². The second-order valence-electron chi connectivity index (χ2n) is 7.21. The van der Waals surface area contributed by atoms with E-state index in [1.807, 2.05) is 30.3 Å². The van der Waals surface area contributed by atoms with E-state index in [9.17, 15) is 14.7 Å². The van der Waals surface area contributed by atoms with Crippen LogP contribution in [-0.4, -0.2) is 54.2 Å². The van der Waals surface area contributed by atoms with Crippen molar-refractivity contribution in [3.05, 3.63) is 46.2 Å². The maximum Gasteiger partial charge on any atom is 0.267 e. The molecule has 0 aliphatic carbocycles. The summed E-state index contributed by atoms with van der Waals surface area (Å²) in [6.45, 7) is 3.18. The Bertz CT molecular complexity index is 900. The molecule has 1 aromatic carbocycles. The predicted molar refractivity (Wildman–Crippen MR) is 108 cm³/mol. The molecule has 2 aliphatic rings. The van der Waals surface area contributed by atoms with Crippen molar-refractivity contribution in [2.75, 3.05) is 26.3 Å². The Morgan fingerprint density at radius 3 is 2.76 bits per heavy atom. The van der Waals surface area contributed by atoms with E-state index in [0.29, 0.717) is 49.0 Å². The Hall–Kier alpha value is -2.58. The normalized spacial score (nSPS) is 23.5. The van der Waals surface area contributed by atoms with Gasteiger partial charge in [0.05, 0.1) is 11.6 Å². The molecule has 29 heavy (non-hydrogen) atoms. The van der Waals surface area contributed by atoms with Crippen LogP contribution in [0.3, 0.4) is 0 Å². The van der Waals surface area contributed by atoms with Crippen molar-refractivity contribution >= 4 is 23.2 Å². The van der Waals surface area contributed by atoms with Crippen LogP contribution in [0.1, 0.15) is 35.0 Å². The van der Waals surface area contributed by atoms with Gasteiger partial charge in [-0.2, -0.15) is 0 Å². The number of benzene rings is 1. The maximum atomic E-state index is 13.1. The number of β-amino-alcohol motifs (C(OH)–C–C–N with tert-alkyl or cyclic N) is 1. The highest BCUT2D eigenvalue weighted by molar-refractivity contribution is 7.12. The number of carbonyl (C=O) groups is 2. The molecular formula is C21H24N2O5S. The third-order valence-corrected chi connectivity index (χ3v) is 6.42. The molecule has 4 rings (SSSR count). The van der Waals surface area contributed by atoms with E-state index >= 15 is 0 Å². The quantitative estimate of drug-likeness (QED) is 0.797. The average Bonchev–Trinajstić information content (AvgIpc) is 3.19. The van der Waals surface area contributed by atoms with Gasteiger partial charge in [-0.05, 0) is 12.0 Å². The fraction of sp³-hybridized carbons (Fsp3) is 0.429. The molecule has 2 aromatic rings. The molecule has 3 heterocycles. The number of rotatable bonds is 4. The zero-order chi connectivity index (χ0) is 20.4. The summed E-state index contributed by atoms with van der Waals surface area (Å²) in [4.78, 5) is 27.4. The number of thiophene rings is 1. The first-order chi connectivity index (χ1) is 14.0. The van der Waals surface area contributed by atoms with Gasteiger partial charge in [0, 0.05) is 24.9 Å². The van der Waals surface area contributed by atoms with Crippen molar-refractivity contribution in [2.45, 2.75) is 31.4 Å². The number of hydrogen-bond acceptors (Lipinski definition) is 6. The minimum Gasteiger partial charge on any atom is -0.485 e. The monoisotopic (exact) mass is 416 g/mol. The Morgan fingerprint density at radius 2 is 2.03 bits per heavy atom. The summed E-state index contributed by atoms with van der Waals surface area (Å²) in [5.41, 5.74) is -0.0776. The van der Waals surface area contributed by atoms with Gasteiger partial charge in [0.25, 0.3) is 5.91 Å². The van der Waals surface area contributed by atoms with Crippen molar-refractivity contribution in [2.24, 2.45) is 0 Å². The molecule has 0 saturated carbocycles. The largest absolute Gasteiger partial charge is 0.485 e. The first kappa shape index (κ1) is 19.7. The molecular weight excluding hydrogens is 392 g/mol. The molecule has 0 radical (unpaired) electrons. The Labute approximate surface area is 173 Å². The zero-order valence-electron chi connectivity index (χ0n) is 16.2. The molecule has 2 N–H and O–H groups in total. The van der Waals surface area contributed by atoms with Crippen molar-refractivity contribution < 1.29 is 24.2 Å². The lowest BCUT2D eigenvalue weighted by Crippen LogP contribution is -2.62. The number of fused-ring (bicyclic) bond motifs is 1. The van der Waals surface area contributed by atoms with Crippen LogP contribution in [-0.2, 0) is 10.3 Å². The second kappa shape index (κ2) is 8.04. The molecule has 1 aromatic heterocycles. The van der Waals surface area contributed by atoms with E-state index in [1.54, 1.807) is 17.2 Å². The summed E-state index contributed by atoms with van der Waals surface area (Å²) < 4.78 is 11.2. The Morgan fingerprint density at radius 1 is 1.28 bits per heavy atom. The van der Waals surface area contributed by atoms with Gasteiger partial charge in [-0.25, -0.2) is 0 Å². The van der Waals surface area contributed by atoms with Crippen molar-refractivity contribution in [1.29, 1.82) is 0 Å². The number of nitrogens with one attached hydrogen (secondary N) is 1. The highest BCUT2D eigenvalue weighted by atomic mass is 32.1. The van der Waals surface area contributed by atoms with Crippen LogP contribution in [0.4, 0.5) is 0 Å². The highest BCUT2D eigenvalue weighted by Crippen LogP contribution is 2.41. The molecule has 2 amide bonds. The van der Waals surface area contributed by atoms with Crippen molar-refractivity contribution in [1.82, 2.24) is 10.2 Å². The van der Waals surface area contributed by atoms with Crippen LogP contribution in [0, 0.1) is 0 Å². The summed E-state index contributed by atoms with van der Waals surface area (Å²) in [5, 5.41) is 15.9. The average molecular weight is 416 g/mol. The summed E-state index contributed by atoms with van der Waals surface area (Å²) in [7, 11) is 0. The molecule has 8 heteroatoms. The topological polar surface area (TPSA) is 88.1 Å². The molecule has 154 valence electrons. The number of likely N-dealkylation sites (tertiary alicyclic amines) is 1. The van der Waals surface area contributed by atoms with Crippen molar-refractivity contribution in [3.63, 3.8) is 0 Å². The van der Waals surface area contributed by atoms with E-state index < -0.39 is 11.6 Å². The summed E-state index contributed by atoms with van der Waals surface area (Å²) in [6, 6.07) is 9.46. The van der Waals surface area contributed by atoms with E-state index in [2.05, 4.69) is 5.32 Å². The number of aliphatic hydroxyl groups excluding tert-OH is 1. The molecule has 0 spiro atoms. The number of nitrogens with zero attached hydrogens (tertiary/aromatic N) is 1. The number of aliphatic hydroxyl groups is 1. The van der Waals surface area contributed by atoms with E-state index in [1.165, 1.54) is 11.3 Å². The molecule has 2 atom stereocenters. The van der Waals surface area contributed by atoms with E-state index in [-0.39, 0.29) is 18.4 Å². The van der Waals surface area contributed by atoms with Gasteiger partial charge in [-0.1, -0.05) is 37.3 Å². The first-order valence-corrected chi connectivity index (χ1v) is 10.6. The van der Waals surface area contributed by atoms with Gasteiger partial charge >= 0.3 is 0 Å². The highest BCUT2D eigenvalue weighted by Gasteiger charge is 2.46. The Kier molecular flexibility index (Phi) is 5.47. The van der Waals surface area contributed by atoms with Crippen LogP contribution >= 0.6 is 11.3 Å². The van der Waals surface area contributed by atoms with Crippen molar-refractivity contribution in [3.8, 4) is 11.5 Å². The molecule has 0 bridgehead atoms. The fourth-order valence-corrected chi connectivity index (χ4v) is 4.80. The smallest absolute Gasteiger partial charge is 0.267 e. The lowest BCUT2D eigenvalue weighted by atomic mass is 9.78. The van der Waals surface area contributed by atoms with Crippen LogP contribution in [0.25, 0.3) is 0 Å². The lowest BCUT2D eigenvalue weighted by Gasteiger charge is -2.46. The Balaban J connectivity index is 1.58. The van der Waals surface area contributed by atoms with Gasteiger partial charge < -0.3 is 24.8 Å². The molecule has 1 saturated heterocycles. The van der Waals surface area contributed by atoms with Gasteiger partial charge in [-0.15, -0.1) is 11.3 Å². The maximum absolute atomic E-state index is 13.1. The predicted octanol–water partition coefficient (Wildman–Crippen LogP) is 2.15.